The Morgan fingerprint density at radius 3 is 2.67 bits per heavy atom. The molecule has 1 amide bonds. The van der Waals surface area contributed by atoms with Gasteiger partial charge in [-0.15, -0.1) is 0 Å². The molecule has 0 saturated heterocycles. The van der Waals surface area contributed by atoms with Crippen molar-refractivity contribution in [1.82, 2.24) is 15.4 Å². The van der Waals surface area contributed by atoms with Gasteiger partial charge in [-0.25, -0.2) is 0 Å². The summed E-state index contributed by atoms with van der Waals surface area (Å²) in [5, 5.41) is 13.0. The number of hydrogen-bond donors (Lipinski definition) is 1. The van der Waals surface area contributed by atoms with E-state index in [1.807, 2.05) is 36.6 Å². The van der Waals surface area contributed by atoms with Gasteiger partial charge in [0.25, 0.3) is 0 Å². The highest BCUT2D eigenvalue weighted by Crippen LogP contribution is 2.30. The van der Waals surface area contributed by atoms with Gasteiger partial charge in [-0.3, -0.25) is 9.78 Å². The lowest BCUT2D eigenvalue weighted by Crippen LogP contribution is -2.28. The summed E-state index contributed by atoms with van der Waals surface area (Å²) in [6.07, 6.45) is 4.51. The average Bonchev–Trinajstić information content (AvgIpc) is 3.22. The van der Waals surface area contributed by atoms with Gasteiger partial charge in [-0.1, -0.05) is 30.3 Å². The summed E-state index contributed by atoms with van der Waals surface area (Å²) >= 11 is 0. The molecule has 2 aromatic rings. The Kier molecular flexibility index (Phi) is 6.43. The normalized spacial score (nSPS) is 19.9. The fraction of sp³-hybridized carbons (Fsp3) is 0.304. The second kappa shape index (κ2) is 9.43. The molecule has 0 spiro atoms. The number of carbonyl (C=O) groups excluding carboxylic acids is 1. The molecular formula is C23H22F3N5O2. The maximum atomic E-state index is 12.5. The summed E-state index contributed by atoms with van der Waals surface area (Å²) in [6, 6.07) is 10.4. The molecule has 0 bridgehead atoms. The van der Waals surface area contributed by atoms with Crippen molar-refractivity contribution < 1.29 is 22.7 Å². The van der Waals surface area contributed by atoms with Crippen LogP contribution in [0.15, 0.2) is 64.9 Å². The molecule has 0 aliphatic carbocycles. The van der Waals surface area contributed by atoms with Crippen molar-refractivity contribution in [3.63, 3.8) is 0 Å². The molecule has 10 heteroatoms. The van der Waals surface area contributed by atoms with Crippen molar-refractivity contribution in [2.45, 2.75) is 37.5 Å². The number of fused-ring (bicyclic) bond motifs is 1. The lowest BCUT2D eigenvalue weighted by molar-refractivity contribution is -0.153. The van der Waals surface area contributed by atoms with Crippen LogP contribution in [0.25, 0.3) is 0 Å². The van der Waals surface area contributed by atoms with E-state index >= 15 is 0 Å². The molecule has 1 aromatic heterocycles. The fourth-order valence-corrected chi connectivity index (χ4v) is 3.61. The van der Waals surface area contributed by atoms with Crippen molar-refractivity contribution >= 4 is 18.3 Å². The summed E-state index contributed by atoms with van der Waals surface area (Å²) in [5.41, 5.74) is 2.46. The van der Waals surface area contributed by atoms with Gasteiger partial charge in [0, 0.05) is 18.3 Å². The standard InChI is InChI=1S/C23H22F3N5O2/c1-15(20-9-8-18(12-27-20)33-14-23(24,25)26)30-22(32)11-16-4-6-17(7-5-16)19-13-29-31-21(19)3-2-10-28-31/h2-10,12-13,15,19,21H,11,14H2,1H3,(H,30,32)/t15-,19?,21?/m1/s1. The van der Waals surface area contributed by atoms with Crippen LogP contribution < -0.4 is 10.1 Å². The monoisotopic (exact) mass is 457 g/mol. The highest BCUT2D eigenvalue weighted by atomic mass is 19.4. The SMILES string of the molecule is C[C@@H](NC(=O)Cc1ccc(C2C=NN3N=CC=CC23)cc1)c1ccc(OCC(F)(F)F)cn1. The summed E-state index contributed by atoms with van der Waals surface area (Å²) < 4.78 is 41.3. The zero-order valence-corrected chi connectivity index (χ0v) is 17.7. The molecule has 2 aliphatic rings. The lowest BCUT2D eigenvalue weighted by atomic mass is 9.92. The van der Waals surface area contributed by atoms with Crippen LogP contribution in [0.4, 0.5) is 13.2 Å². The predicted molar refractivity (Wildman–Crippen MR) is 117 cm³/mol. The number of nitrogens with one attached hydrogen (secondary N) is 1. The van der Waals surface area contributed by atoms with Gasteiger partial charge in [-0.05, 0) is 36.3 Å². The smallest absolute Gasteiger partial charge is 0.422 e. The molecule has 2 unspecified atom stereocenters. The second-order valence-corrected chi connectivity index (χ2v) is 7.78. The molecule has 1 aromatic carbocycles. The number of allylic oxidation sites excluding steroid dienone is 1. The van der Waals surface area contributed by atoms with Crippen molar-refractivity contribution in [3.05, 3.63) is 71.6 Å². The van der Waals surface area contributed by atoms with E-state index in [2.05, 4.69) is 31.3 Å². The highest BCUT2D eigenvalue weighted by Gasteiger charge is 2.31. The zero-order valence-electron chi connectivity index (χ0n) is 17.7. The Morgan fingerprint density at radius 2 is 1.97 bits per heavy atom. The van der Waals surface area contributed by atoms with Crippen LogP contribution in [0, 0.1) is 0 Å². The van der Waals surface area contributed by atoms with Gasteiger partial charge in [0.2, 0.25) is 5.91 Å². The van der Waals surface area contributed by atoms with E-state index in [1.54, 1.807) is 18.3 Å². The lowest BCUT2D eigenvalue weighted by Gasteiger charge is -2.22. The Hall–Kier alpha value is -3.69. The van der Waals surface area contributed by atoms with Crippen LogP contribution in [-0.2, 0) is 11.2 Å². The number of rotatable bonds is 7. The number of ether oxygens (including phenoxy) is 1. The minimum absolute atomic E-state index is 0.0145. The topological polar surface area (TPSA) is 79.2 Å². The number of aromatic nitrogens is 1. The number of benzene rings is 1. The maximum Gasteiger partial charge on any atom is 0.422 e. The summed E-state index contributed by atoms with van der Waals surface area (Å²) in [6.45, 7) is 0.376. The molecule has 3 heterocycles. The van der Waals surface area contributed by atoms with Crippen LogP contribution in [-0.4, -0.2) is 47.3 Å². The third-order valence-electron chi connectivity index (χ3n) is 5.27. The number of carbonyl (C=O) groups is 1. The van der Waals surface area contributed by atoms with Gasteiger partial charge in [0.15, 0.2) is 6.61 Å². The van der Waals surface area contributed by atoms with E-state index in [9.17, 15) is 18.0 Å². The third-order valence-corrected chi connectivity index (χ3v) is 5.27. The minimum Gasteiger partial charge on any atom is -0.483 e. The number of hydrazone groups is 2. The Bertz CT molecular complexity index is 1060. The average molecular weight is 457 g/mol. The highest BCUT2D eigenvalue weighted by molar-refractivity contribution is 5.79. The van der Waals surface area contributed by atoms with Gasteiger partial charge in [0.1, 0.15) is 11.8 Å². The first-order chi connectivity index (χ1) is 15.8. The van der Waals surface area contributed by atoms with Crippen molar-refractivity contribution in [2.24, 2.45) is 10.2 Å². The van der Waals surface area contributed by atoms with Crippen LogP contribution in [0.5, 0.6) is 5.75 Å². The van der Waals surface area contributed by atoms with E-state index in [1.165, 1.54) is 18.3 Å². The molecule has 0 saturated carbocycles. The molecule has 33 heavy (non-hydrogen) atoms. The van der Waals surface area contributed by atoms with E-state index in [0.717, 1.165) is 11.1 Å². The predicted octanol–water partition coefficient (Wildman–Crippen LogP) is 3.75. The first kappa shape index (κ1) is 22.5. The number of halogens is 3. The molecule has 2 aliphatic heterocycles. The van der Waals surface area contributed by atoms with Gasteiger partial charge < -0.3 is 10.1 Å². The largest absolute Gasteiger partial charge is 0.483 e. The summed E-state index contributed by atoms with van der Waals surface area (Å²) in [7, 11) is 0. The molecule has 0 radical (unpaired) electrons. The first-order valence-corrected chi connectivity index (χ1v) is 10.4. The molecule has 172 valence electrons. The number of amides is 1. The van der Waals surface area contributed by atoms with Crippen molar-refractivity contribution in [2.75, 3.05) is 6.61 Å². The summed E-state index contributed by atoms with van der Waals surface area (Å²) in [4.78, 5) is 16.6. The molecule has 4 rings (SSSR count). The fourth-order valence-electron chi connectivity index (χ4n) is 3.61. The van der Waals surface area contributed by atoms with Crippen LogP contribution in [0.1, 0.15) is 35.7 Å². The minimum atomic E-state index is -4.41. The second-order valence-electron chi connectivity index (χ2n) is 7.78. The van der Waals surface area contributed by atoms with Crippen LogP contribution in [0.3, 0.4) is 0 Å². The molecule has 0 fully saturated rings. The quantitative estimate of drug-likeness (QED) is 0.687. The maximum absolute atomic E-state index is 12.5. The zero-order chi connectivity index (χ0) is 23.4. The van der Waals surface area contributed by atoms with Gasteiger partial charge >= 0.3 is 6.18 Å². The molecule has 3 atom stereocenters. The number of hydrogen-bond acceptors (Lipinski definition) is 6. The van der Waals surface area contributed by atoms with E-state index in [0.29, 0.717) is 5.69 Å². The molecule has 7 nitrogen and oxygen atoms in total. The van der Waals surface area contributed by atoms with Crippen molar-refractivity contribution in [3.8, 4) is 5.75 Å². The Balaban J connectivity index is 1.29. The van der Waals surface area contributed by atoms with Gasteiger partial charge in [-0.2, -0.15) is 28.5 Å². The Morgan fingerprint density at radius 1 is 1.18 bits per heavy atom. The molecule has 1 N–H and O–H groups in total. The van der Waals surface area contributed by atoms with Crippen molar-refractivity contribution in [1.29, 1.82) is 0 Å². The van der Waals surface area contributed by atoms with E-state index in [-0.39, 0.29) is 30.0 Å². The van der Waals surface area contributed by atoms with E-state index in [4.69, 9.17) is 0 Å². The number of alkyl halides is 3. The molecular weight excluding hydrogens is 435 g/mol. The Labute approximate surface area is 188 Å². The van der Waals surface area contributed by atoms with Gasteiger partial charge in [0.05, 0.1) is 24.4 Å². The van der Waals surface area contributed by atoms with E-state index < -0.39 is 18.8 Å². The third kappa shape index (κ3) is 5.76. The first-order valence-electron chi connectivity index (χ1n) is 10.4. The van der Waals surface area contributed by atoms with Crippen LogP contribution >= 0.6 is 0 Å². The van der Waals surface area contributed by atoms with Crippen LogP contribution in [0.2, 0.25) is 0 Å². The summed E-state index contributed by atoms with van der Waals surface area (Å²) in [5.74, 6) is -0.0796. The number of nitrogens with zero attached hydrogens (tertiary/aromatic N) is 4. The number of pyridine rings is 1.